The van der Waals surface area contributed by atoms with Gasteiger partial charge in [0.1, 0.15) is 6.04 Å². The van der Waals surface area contributed by atoms with Crippen molar-refractivity contribution in [2.24, 2.45) is 0 Å². The van der Waals surface area contributed by atoms with Gasteiger partial charge in [0.05, 0.1) is 18.2 Å². The van der Waals surface area contributed by atoms with Gasteiger partial charge in [-0.25, -0.2) is 4.79 Å². The Labute approximate surface area is 188 Å². The third-order valence-corrected chi connectivity index (χ3v) is 6.25. The number of carbonyl (C=O) groups excluding carboxylic acids is 2. The average molecular weight is 461 g/mol. The molecule has 3 heterocycles. The first-order chi connectivity index (χ1) is 15.8. The van der Waals surface area contributed by atoms with Crippen LogP contribution in [0.4, 0.5) is 18.0 Å². The molecule has 0 aliphatic carbocycles. The molecular weight excluding hydrogens is 439 g/mol. The molecule has 0 bridgehead atoms. The predicted molar refractivity (Wildman–Crippen MR) is 110 cm³/mol. The summed E-state index contributed by atoms with van der Waals surface area (Å²) in [6.45, 7) is 0.954. The summed E-state index contributed by atoms with van der Waals surface area (Å²) in [5, 5.41) is 3.22. The molecule has 0 aromatic heterocycles. The fourth-order valence-electron chi connectivity index (χ4n) is 4.57. The van der Waals surface area contributed by atoms with Crippen molar-refractivity contribution >= 4 is 11.9 Å². The van der Waals surface area contributed by atoms with Crippen molar-refractivity contribution in [2.75, 3.05) is 13.3 Å². The monoisotopic (exact) mass is 461 g/mol. The van der Waals surface area contributed by atoms with E-state index in [2.05, 4.69) is 5.32 Å². The minimum absolute atomic E-state index is 0.0583. The van der Waals surface area contributed by atoms with Crippen LogP contribution in [0.3, 0.4) is 0 Å². The van der Waals surface area contributed by atoms with Crippen molar-refractivity contribution in [1.82, 2.24) is 15.1 Å². The fourth-order valence-corrected chi connectivity index (χ4v) is 4.57. The second-order valence-electron chi connectivity index (χ2n) is 8.36. The highest BCUT2D eigenvalue weighted by Crippen LogP contribution is 2.34. The predicted octanol–water partition coefficient (Wildman–Crippen LogP) is 3.52. The Balaban J connectivity index is 1.40. The topological polar surface area (TPSA) is 71.1 Å². The Morgan fingerprint density at radius 1 is 0.970 bits per heavy atom. The molecule has 2 aromatic rings. The first kappa shape index (κ1) is 21.6. The van der Waals surface area contributed by atoms with E-state index < -0.39 is 23.8 Å². The molecule has 5 rings (SSSR count). The Morgan fingerprint density at radius 2 is 1.70 bits per heavy atom. The molecule has 33 heavy (non-hydrogen) atoms. The maximum atomic E-state index is 13.4. The van der Waals surface area contributed by atoms with E-state index in [4.69, 9.17) is 9.47 Å². The van der Waals surface area contributed by atoms with Crippen LogP contribution >= 0.6 is 0 Å². The van der Waals surface area contributed by atoms with Crippen LogP contribution < -0.4 is 14.8 Å². The molecule has 7 nitrogen and oxygen atoms in total. The van der Waals surface area contributed by atoms with E-state index >= 15 is 0 Å². The number of hydrogen-bond donors (Lipinski definition) is 1. The number of urea groups is 1. The smallest absolute Gasteiger partial charge is 0.416 e. The Bertz CT molecular complexity index is 1070. The molecule has 0 spiro atoms. The molecule has 3 amide bonds. The van der Waals surface area contributed by atoms with Crippen LogP contribution in [0.1, 0.15) is 29.5 Å². The second kappa shape index (κ2) is 8.26. The Hall–Kier alpha value is -3.27. The van der Waals surface area contributed by atoms with E-state index in [1.165, 1.54) is 17.0 Å². The van der Waals surface area contributed by atoms with Crippen molar-refractivity contribution in [1.29, 1.82) is 0 Å². The normalized spacial score (nSPS) is 22.5. The number of hydrogen-bond acceptors (Lipinski definition) is 5. The van der Waals surface area contributed by atoms with Crippen LogP contribution in [0.15, 0.2) is 42.5 Å². The standard InChI is InChI=1S/C23H22F3N3O4/c24-23(25,26)16-6-3-14(4-7-16)11-28-17-2-1-9-27-20(17)21(30)29(22(28)31)12-15-5-8-18-19(10-15)33-13-32-18/h3-8,10,17,20,27H,1-2,9,11-13H2. The van der Waals surface area contributed by atoms with Crippen LogP contribution in [0.2, 0.25) is 0 Å². The molecule has 3 aliphatic heterocycles. The highest BCUT2D eigenvalue weighted by atomic mass is 19.4. The third-order valence-electron chi connectivity index (χ3n) is 6.25. The number of carbonyl (C=O) groups is 2. The summed E-state index contributed by atoms with van der Waals surface area (Å²) in [6.07, 6.45) is -2.98. The number of nitrogens with zero attached hydrogens (tertiary/aromatic N) is 2. The number of halogens is 3. The van der Waals surface area contributed by atoms with Crippen molar-refractivity contribution < 1.29 is 32.2 Å². The number of alkyl halides is 3. The lowest BCUT2D eigenvalue weighted by molar-refractivity contribution is -0.138. The first-order valence-corrected chi connectivity index (χ1v) is 10.7. The maximum absolute atomic E-state index is 13.4. The van der Waals surface area contributed by atoms with Gasteiger partial charge in [0.25, 0.3) is 0 Å². The Kier molecular flexibility index (Phi) is 5.40. The number of imide groups is 1. The molecule has 0 radical (unpaired) electrons. The SMILES string of the molecule is O=C1C2NCCCC2N(Cc2ccc(C(F)(F)F)cc2)C(=O)N1Cc1ccc2c(c1)OCO2. The summed E-state index contributed by atoms with van der Waals surface area (Å²) in [5.74, 6) is 0.860. The molecule has 3 aliphatic rings. The summed E-state index contributed by atoms with van der Waals surface area (Å²) in [5.41, 5.74) is 0.538. The summed E-state index contributed by atoms with van der Waals surface area (Å²) in [7, 11) is 0. The maximum Gasteiger partial charge on any atom is 0.416 e. The number of benzene rings is 2. The minimum Gasteiger partial charge on any atom is -0.454 e. The lowest BCUT2D eigenvalue weighted by Gasteiger charge is -2.47. The summed E-state index contributed by atoms with van der Waals surface area (Å²) in [6, 6.07) is 8.65. The van der Waals surface area contributed by atoms with E-state index in [0.717, 1.165) is 18.6 Å². The zero-order valence-corrected chi connectivity index (χ0v) is 17.6. The zero-order valence-electron chi connectivity index (χ0n) is 17.6. The van der Waals surface area contributed by atoms with Crippen molar-refractivity contribution in [2.45, 2.75) is 44.2 Å². The molecule has 2 atom stereocenters. The lowest BCUT2D eigenvalue weighted by Crippen LogP contribution is -2.68. The number of fused-ring (bicyclic) bond motifs is 2. The molecular formula is C23H22F3N3O4. The fraction of sp³-hybridized carbons (Fsp3) is 0.391. The summed E-state index contributed by atoms with van der Waals surface area (Å²) in [4.78, 5) is 29.4. The van der Waals surface area contributed by atoms with Gasteiger partial charge in [0, 0.05) is 6.54 Å². The number of ether oxygens (including phenoxy) is 2. The van der Waals surface area contributed by atoms with Crippen LogP contribution in [-0.4, -0.2) is 47.2 Å². The van der Waals surface area contributed by atoms with Crippen molar-refractivity contribution in [3.63, 3.8) is 0 Å². The van der Waals surface area contributed by atoms with Crippen LogP contribution in [0.5, 0.6) is 11.5 Å². The zero-order chi connectivity index (χ0) is 23.2. The van der Waals surface area contributed by atoms with Gasteiger partial charge in [-0.1, -0.05) is 18.2 Å². The molecule has 2 unspecified atom stereocenters. The molecule has 2 fully saturated rings. The molecule has 1 N–H and O–H groups in total. The largest absolute Gasteiger partial charge is 0.454 e. The van der Waals surface area contributed by atoms with Crippen LogP contribution in [-0.2, 0) is 24.1 Å². The van der Waals surface area contributed by atoms with Gasteiger partial charge < -0.3 is 19.7 Å². The van der Waals surface area contributed by atoms with Crippen molar-refractivity contribution in [3.8, 4) is 11.5 Å². The minimum atomic E-state index is -4.42. The van der Waals surface area contributed by atoms with E-state index in [1.807, 2.05) is 0 Å². The third kappa shape index (κ3) is 4.10. The van der Waals surface area contributed by atoms with Crippen LogP contribution in [0.25, 0.3) is 0 Å². The van der Waals surface area contributed by atoms with Crippen molar-refractivity contribution in [3.05, 3.63) is 59.2 Å². The van der Waals surface area contributed by atoms with Gasteiger partial charge in [-0.15, -0.1) is 0 Å². The van der Waals surface area contributed by atoms with E-state index in [-0.39, 0.29) is 31.8 Å². The van der Waals surface area contributed by atoms with Gasteiger partial charge in [-0.3, -0.25) is 9.69 Å². The average Bonchev–Trinajstić information content (AvgIpc) is 3.27. The number of piperidine rings is 1. The first-order valence-electron chi connectivity index (χ1n) is 10.7. The van der Waals surface area contributed by atoms with Crippen LogP contribution in [0, 0.1) is 0 Å². The van der Waals surface area contributed by atoms with E-state index in [9.17, 15) is 22.8 Å². The molecule has 174 valence electrons. The number of nitrogens with one attached hydrogen (secondary N) is 1. The molecule has 2 saturated heterocycles. The molecule has 10 heteroatoms. The number of rotatable bonds is 4. The van der Waals surface area contributed by atoms with Gasteiger partial charge in [-0.2, -0.15) is 13.2 Å². The van der Waals surface area contributed by atoms with E-state index in [0.29, 0.717) is 35.6 Å². The summed E-state index contributed by atoms with van der Waals surface area (Å²) < 4.78 is 49.4. The van der Waals surface area contributed by atoms with Gasteiger partial charge in [0.2, 0.25) is 12.7 Å². The van der Waals surface area contributed by atoms with E-state index in [1.54, 1.807) is 23.1 Å². The Morgan fingerprint density at radius 3 is 2.45 bits per heavy atom. The molecule has 2 aromatic carbocycles. The quantitative estimate of drug-likeness (QED) is 0.755. The van der Waals surface area contributed by atoms with Gasteiger partial charge in [0.15, 0.2) is 11.5 Å². The lowest BCUT2D eigenvalue weighted by atomic mass is 9.92. The molecule has 0 saturated carbocycles. The van der Waals surface area contributed by atoms with Gasteiger partial charge >= 0.3 is 12.2 Å². The number of amides is 3. The highest BCUT2D eigenvalue weighted by molar-refractivity contribution is 6.00. The second-order valence-corrected chi connectivity index (χ2v) is 8.36. The summed E-state index contributed by atoms with van der Waals surface area (Å²) >= 11 is 0. The van der Waals surface area contributed by atoms with Gasteiger partial charge in [-0.05, 0) is 54.8 Å². The highest BCUT2D eigenvalue weighted by Gasteiger charge is 2.47.